The van der Waals surface area contributed by atoms with E-state index in [1.807, 2.05) is 0 Å². The number of hydrogen-bond donors (Lipinski definition) is 2. The van der Waals surface area contributed by atoms with Crippen molar-refractivity contribution in [2.75, 3.05) is 6.54 Å². The fourth-order valence-corrected chi connectivity index (χ4v) is 3.70. The van der Waals surface area contributed by atoms with Gasteiger partial charge in [0, 0.05) is 24.4 Å². The van der Waals surface area contributed by atoms with E-state index < -0.39 is 0 Å². The standard InChI is InChI=1S/C22H30N6S/c1-4-18-8-10-19(11-9-18)17(3)26-22(24-15-20-7-6-14-29-20)23-12-13-28-16-25-27-21(28)5-2/h6-11,14,16-17H,4-5,12-13,15H2,1-3H3,(H2,23,24,26). The van der Waals surface area contributed by atoms with Gasteiger partial charge in [-0.2, -0.15) is 0 Å². The number of thiophene rings is 1. The van der Waals surface area contributed by atoms with Crippen LogP contribution in [0.15, 0.2) is 53.1 Å². The highest BCUT2D eigenvalue weighted by Crippen LogP contribution is 2.14. The van der Waals surface area contributed by atoms with Crippen molar-refractivity contribution < 1.29 is 0 Å². The Morgan fingerprint density at radius 3 is 2.69 bits per heavy atom. The van der Waals surface area contributed by atoms with Gasteiger partial charge in [-0.3, -0.25) is 0 Å². The molecule has 0 aliphatic carbocycles. The fourth-order valence-electron chi connectivity index (χ4n) is 3.08. The topological polar surface area (TPSA) is 67.1 Å². The molecule has 1 atom stereocenters. The van der Waals surface area contributed by atoms with Gasteiger partial charge in [-0.1, -0.05) is 44.2 Å². The minimum Gasteiger partial charge on any atom is -0.355 e. The number of aliphatic imine (C=N–C) groups is 1. The first-order valence-electron chi connectivity index (χ1n) is 10.2. The Labute approximate surface area is 177 Å². The van der Waals surface area contributed by atoms with Crippen molar-refractivity contribution >= 4 is 17.3 Å². The highest BCUT2D eigenvalue weighted by atomic mass is 32.1. The van der Waals surface area contributed by atoms with E-state index in [1.165, 1.54) is 16.0 Å². The average molecular weight is 411 g/mol. The summed E-state index contributed by atoms with van der Waals surface area (Å²) in [7, 11) is 0. The molecule has 3 rings (SSSR count). The molecule has 0 amide bonds. The molecule has 0 spiro atoms. The second-order valence-electron chi connectivity index (χ2n) is 6.93. The maximum atomic E-state index is 4.79. The summed E-state index contributed by atoms with van der Waals surface area (Å²) in [5.41, 5.74) is 2.60. The van der Waals surface area contributed by atoms with Crippen LogP contribution in [0.1, 0.15) is 48.6 Å². The van der Waals surface area contributed by atoms with Crippen molar-refractivity contribution in [2.24, 2.45) is 4.99 Å². The van der Waals surface area contributed by atoms with Gasteiger partial charge in [0.05, 0.1) is 12.6 Å². The van der Waals surface area contributed by atoms with Crippen molar-refractivity contribution in [3.05, 3.63) is 69.9 Å². The molecule has 0 aliphatic heterocycles. The molecule has 1 unspecified atom stereocenters. The van der Waals surface area contributed by atoms with Gasteiger partial charge in [0.1, 0.15) is 12.2 Å². The van der Waals surface area contributed by atoms with Crippen LogP contribution < -0.4 is 10.6 Å². The lowest BCUT2D eigenvalue weighted by Crippen LogP contribution is -2.40. The molecular weight excluding hydrogens is 380 g/mol. The summed E-state index contributed by atoms with van der Waals surface area (Å²) >= 11 is 1.73. The number of benzene rings is 1. The zero-order valence-corrected chi connectivity index (χ0v) is 18.2. The average Bonchev–Trinajstić information content (AvgIpc) is 3.43. The van der Waals surface area contributed by atoms with Gasteiger partial charge in [-0.15, -0.1) is 21.5 Å². The van der Waals surface area contributed by atoms with Gasteiger partial charge in [-0.05, 0) is 35.9 Å². The number of aryl methyl sites for hydroxylation is 2. The predicted molar refractivity (Wildman–Crippen MR) is 120 cm³/mol. The maximum absolute atomic E-state index is 4.79. The SMILES string of the molecule is CCc1ccc(C(C)NC(=NCc2cccs2)NCCn2cnnc2CC)cc1. The van der Waals surface area contributed by atoms with E-state index in [2.05, 4.69) is 87.9 Å². The van der Waals surface area contributed by atoms with Crippen LogP contribution in [0.25, 0.3) is 0 Å². The number of nitrogens with zero attached hydrogens (tertiary/aromatic N) is 4. The molecule has 0 aliphatic rings. The van der Waals surface area contributed by atoms with Crippen molar-refractivity contribution in [3.63, 3.8) is 0 Å². The molecule has 7 heteroatoms. The second kappa shape index (κ2) is 10.8. The molecule has 29 heavy (non-hydrogen) atoms. The van der Waals surface area contributed by atoms with Crippen LogP contribution in [0, 0.1) is 0 Å². The minimum atomic E-state index is 0.164. The molecule has 2 aromatic heterocycles. The van der Waals surface area contributed by atoms with Gasteiger partial charge in [0.25, 0.3) is 0 Å². The van der Waals surface area contributed by atoms with Crippen LogP contribution in [0.2, 0.25) is 0 Å². The van der Waals surface area contributed by atoms with Crippen LogP contribution in [-0.4, -0.2) is 27.3 Å². The fraction of sp³-hybridized carbons (Fsp3) is 0.409. The second-order valence-corrected chi connectivity index (χ2v) is 7.96. The van der Waals surface area contributed by atoms with E-state index in [0.29, 0.717) is 6.54 Å². The molecule has 1 aromatic carbocycles. The molecule has 2 N–H and O–H groups in total. The van der Waals surface area contributed by atoms with E-state index in [1.54, 1.807) is 17.7 Å². The highest BCUT2D eigenvalue weighted by molar-refractivity contribution is 7.09. The Morgan fingerprint density at radius 2 is 2.00 bits per heavy atom. The number of guanidine groups is 1. The van der Waals surface area contributed by atoms with Crippen molar-refractivity contribution in [2.45, 2.75) is 52.7 Å². The number of rotatable bonds is 9. The third-order valence-corrected chi connectivity index (χ3v) is 5.73. The molecule has 0 fully saturated rings. The summed E-state index contributed by atoms with van der Waals surface area (Å²) in [5.74, 6) is 1.82. The molecule has 3 aromatic rings. The zero-order valence-electron chi connectivity index (χ0n) is 17.4. The molecule has 0 saturated heterocycles. The third kappa shape index (κ3) is 6.15. The summed E-state index contributed by atoms with van der Waals surface area (Å²) in [5, 5.41) is 17.2. The van der Waals surface area contributed by atoms with Gasteiger partial charge >= 0.3 is 0 Å². The van der Waals surface area contributed by atoms with Crippen molar-refractivity contribution in [1.29, 1.82) is 0 Å². The van der Waals surface area contributed by atoms with E-state index in [0.717, 1.165) is 37.7 Å². The molecule has 2 heterocycles. The zero-order chi connectivity index (χ0) is 20.5. The Morgan fingerprint density at radius 1 is 1.17 bits per heavy atom. The molecule has 0 saturated carbocycles. The predicted octanol–water partition coefficient (Wildman–Crippen LogP) is 3.96. The number of hydrogen-bond acceptors (Lipinski definition) is 4. The first-order valence-corrected chi connectivity index (χ1v) is 11.1. The lowest BCUT2D eigenvalue weighted by atomic mass is 10.1. The third-order valence-electron chi connectivity index (χ3n) is 4.87. The Kier molecular flexibility index (Phi) is 7.81. The van der Waals surface area contributed by atoms with Crippen LogP contribution >= 0.6 is 11.3 Å². The molecule has 0 bridgehead atoms. The van der Waals surface area contributed by atoms with Gasteiger partial charge in [0.2, 0.25) is 0 Å². The normalized spacial score (nSPS) is 12.7. The van der Waals surface area contributed by atoms with E-state index in [9.17, 15) is 0 Å². The van der Waals surface area contributed by atoms with E-state index in [-0.39, 0.29) is 6.04 Å². The van der Waals surface area contributed by atoms with Gasteiger partial charge < -0.3 is 15.2 Å². The molecule has 0 radical (unpaired) electrons. The monoisotopic (exact) mass is 410 g/mol. The molecule has 154 valence electrons. The quantitative estimate of drug-likeness (QED) is 0.414. The van der Waals surface area contributed by atoms with Crippen molar-refractivity contribution in [1.82, 2.24) is 25.4 Å². The van der Waals surface area contributed by atoms with Crippen LogP contribution in [-0.2, 0) is 25.9 Å². The highest BCUT2D eigenvalue weighted by Gasteiger charge is 2.09. The first kappa shape index (κ1) is 21.0. The summed E-state index contributed by atoms with van der Waals surface area (Å²) in [6.45, 7) is 8.66. The van der Waals surface area contributed by atoms with Crippen molar-refractivity contribution in [3.8, 4) is 0 Å². The smallest absolute Gasteiger partial charge is 0.192 e. The van der Waals surface area contributed by atoms with Gasteiger partial charge in [-0.25, -0.2) is 4.99 Å². The minimum absolute atomic E-state index is 0.164. The van der Waals surface area contributed by atoms with E-state index >= 15 is 0 Å². The molecular formula is C22H30N6S. The Balaban J connectivity index is 1.64. The largest absolute Gasteiger partial charge is 0.355 e. The summed E-state index contributed by atoms with van der Waals surface area (Å²) in [6, 6.07) is 13.1. The number of nitrogens with one attached hydrogen (secondary N) is 2. The van der Waals surface area contributed by atoms with E-state index in [4.69, 9.17) is 4.99 Å². The van der Waals surface area contributed by atoms with Crippen LogP contribution in [0.3, 0.4) is 0 Å². The Bertz CT molecular complexity index is 882. The van der Waals surface area contributed by atoms with Crippen LogP contribution in [0.5, 0.6) is 0 Å². The number of aromatic nitrogens is 3. The molecule has 6 nitrogen and oxygen atoms in total. The summed E-state index contributed by atoms with van der Waals surface area (Å²) < 4.78 is 2.08. The lowest BCUT2D eigenvalue weighted by Gasteiger charge is -2.19. The van der Waals surface area contributed by atoms with Crippen LogP contribution in [0.4, 0.5) is 0 Å². The van der Waals surface area contributed by atoms with Gasteiger partial charge in [0.15, 0.2) is 5.96 Å². The lowest BCUT2D eigenvalue weighted by molar-refractivity contribution is 0.619. The maximum Gasteiger partial charge on any atom is 0.192 e. The first-order chi connectivity index (χ1) is 14.2. The Hall–Kier alpha value is -2.67. The summed E-state index contributed by atoms with van der Waals surface area (Å²) in [6.07, 6.45) is 3.72. The summed E-state index contributed by atoms with van der Waals surface area (Å²) in [4.78, 5) is 6.04.